The van der Waals surface area contributed by atoms with Crippen LogP contribution >= 0.6 is 0 Å². The van der Waals surface area contributed by atoms with Gasteiger partial charge in [-0.1, -0.05) is 111 Å². The average Bonchev–Trinajstić information content (AvgIpc) is 4.25. The quantitative estimate of drug-likeness (QED) is 0.170. The highest BCUT2D eigenvalue weighted by Crippen LogP contribution is 2.49. The fourth-order valence-electron chi connectivity index (χ4n) is 14.2. The fourth-order valence-corrected chi connectivity index (χ4v) is 14.2. The first-order valence-electron chi connectivity index (χ1n) is 34.6. The maximum atomic E-state index is 4.35. The summed E-state index contributed by atoms with van der Waals surface area (Å²) < 4.78 is 0. The molecule has 81 heavy (non-hydrogen) atoms. The van der Waals surface area contributed by atoms with Crippen LogP contribution in [-0.2, 0) is 0 Å². The average molecular weight is 1140 g/mol. The second kappa shape index (κ2) is 38.4. The molecule has 5 heterocycles. The van der Waals surface area contributed by atoms with Crippen LogP contribution in [0.15, 0.2) is 39.7 Å². The first-order chi connectivity index (χ1) is 37.6. The molecule has 0 aromatic rings. The zero-order valence-electron chi connectivity index (χ0n) is 60.4. The minimum Gasteiger partial charge on any atom is -0.372 e. The Hall–Kier alpha value is -1.71. The molecule has 8 nitrogen and oxygen atoms in total. The smallest absolute Gasteiger partial charge is 0.0546 e. The van der Waals surface area contributed by atoms with E-state index in [0.29, 0.717) is 53.6 Å². The summed E-state index contributed by atoms with van der Waals surface area (Å²) in [5, 5.41) is 16.5. The number of nitrogens with zero attached hydrogens (tertiary/aromatic N) is 8. The molecule has 478 valence electrons. The van der Waals surface area contributed by atoms with Crippen LogP contribution in [0, 0.1) is 46.8 Å². The van der Waals surface area contributed by atoms with Crippen LogP contribution in [-0.4, -0.2) is 134 Å². The molecule has 0 bridgehead atoms. The van der Waals surface area contributed by atoms with Gasteiger partial charge in [-0.05, 0) is 261 Å². The largest absolute Gasteiger partial charge is 0.372 e. The van der Waals surface area contributed by atoms with Gasteiger partial charge in [0.1, 0.15) is 0 Å². The van der Waals surface area contributed by atoms with Crippen LogP contribution < -0.4 is 0 Å². The van der Waals surface area contributed by atoms with Crippen LogP contribution in [0.4, 0.5) is 0 Å². The maximum absolute atomic E-state index is 4.35. The highest BCUT2D eigenvalue weighted by atomic mass is 15.7. The van der Waals surface area contributed by atoms with E-state index < -0.39 is 0 Å². The van der Waals surface area contributed by atoms with Crippen molar-refractivity contribution >= 4 is 6.21 Å². The van der Waals surface area contributed by atoms with E-state index in [4.69, 9.17) is 0 Å². The van der Waals surface area contributed by atoms with Gasteiger partial charge < -0.3 is 4.90 Å². The molecule has 0 aromatic carbocycles. The van der Waals surface area contributed by atoms with Crippen LogP contribution in [0.3, 0.4) is 0 Å². The van der Waals surface area contributed by atoms with Crippen molar-refractivity contribution in [2.45, 2.75) is 352 Å². The predicted molar refractivity (Wildman–Crippen MR) is 364 cm³/mol. The molecule has 6 atom stereocenters. The third-order valence-corrected chi connectivity index (χ3v) is 19.7. The lowest BCUT2D eigenvalue weighted by Gasteiger charge is -2.43. The number of hydrazone groups is 1. The van der Waals surface area contributed by atoms with E-state index in [2.05, 4.69) is 260 Å². The lowest BCUT2D eigenvalue weighted by Crippen LogP contribution is -2.53. The summed E-state index contributed by atoms with van der Waals surface area (Å²) >= 11 is 0. The van der Waals surface area contributed by atoms with Gasteiger partial charge in [0.15, 0.2) is 0 Å². The third kappa shape index (κ3) is 25.3. The predicted octanol–water partition coefficient (Wildman–Crippen LogP) is 19.7. The van der Waals surface area contributed by atoms with Gasteiger partial charge in [0.25, 0.3) is 0 Å². The number of likely N-dealkylation sites (tertiary alicyclic amines) is 1. The van der Waals surface area contributed by atoms with E-state index in [1.807, 2.05) is 6.21 Å². The highest BCUT2D eigenvalue weighted by molar-refractivity contribution is 5.60. The molecule has 7 rings (SSSR count). The Bertz CT molecular complexity index is 1700. The minimum atomic E-state index is 0.513. The molecule has 2 aliphatic carbocycles. The SMILES string of the molecule is CC(C)=C1CCC[C@@]1(C)C(C)C.CC(C)=C1CCC[C@H]1C(C)C.CC(C)C(C)[C@@H]1CCCN1C(C)C.CC(C)N1CCCCN1C(C)C.CC(C)N1CCCN1C(C)C.CC(C)[C@@H]1CC=CN1C(C)C.CC(C)[C@@H]1CC=NN1C(C)C. The molecule has 1 unspecified atom stereocenters. The Morgan fingerprint density at radius 1 is 0.469 bits per heavy atom. The molecule has 7 aliphatic rings. The fraction of sp³-hybridized carbons (Fsp3) is 0.904. The van der Waals surface area contributed by atoms with Gasteiger partial charge in [0.05, 0.1) is 6.04 Å². The second-order valence-corrected chi connectivity index (χ2v) is 30.2. The number of rotatable bonds is 13. The summed E-state index contributed by atoms with van der Waals surface area (Å²) in [7, 11) is 0. The molecule has 0 aromatic heterocycles. The molecule has 2 saturated carbocycles. The third-order valence-electron chi connectivity index (χ3n) is 19.7. The molecular formula is C73H146N8. The van der Waals surface area contributed by atoms with Gasteiger partial charge in [0, 0.05) is 93.2 Å². The molecule has 0 N–H and O–H groups in total. The van der Waals surface area contributed by atoms with Crippen molar-refractivity contribution in [3.05, 3.63) is 34.6 Å². The van der Waals surface area contributed by atoms with Crippen molar-refractivity contribution in [3.8, 4) is 0 Å². The topological polar surface area (TPSA) is 35.0 Å². The molecule has 8 heteroatoms. The normalized spacial score (nSPS) is 25.2. The molecular weight excluding hydrogens is 989 g/mol. The van der Waals surface area contributed by atoms with Crippen molar-refractivity contribution < 1.29 is 0 Å². The van der Waals surface area contributed by atoms with Gasteiger partial charge in [0.2, 0.25) is 0 Å². The van der Waals surface area contributed by atoms with Crippen molar-refractivity contribution in [3.63, 3.8) is 0 Å². The maximum Gasteiger partial charge on any atom is 0.0546 e. The first-order valence-corrected chi connectivity index (χ1v) is 34.6. The summed E-state index contributed by atoms with van der Waals surface area (Å²) in [4.78, 5) is 5.15. The number of hydrazine groups is 2. The number of hydrogen-bond donors (Lipinski definition) is 0. The van der Waals surface area contributed by atoms with Gasteiger partial charge in [-0.25, -0.2) is 20.0 Å². The van der Waals surface area contributed by atoms with E-state index in [-0.39, 0.29) is 0 Å². The Kier molecular flexibility index (Phi) is 36.7. The minimum absolute atomic E-state index is 0.513. The highest BCUT2D eigenvalue weighted by Gasteiger charge is 2.37. The molecule has 0 radical (unpaired) electrons. The van der Waals surface area contributed by atoms with Crippen LogP contribution in [0.1, 0.15) is 291 Å². The second-order valence-electron chi connectivity index (χ2n) is 30.2. The van der Waals surface area contributed by atoms with Crippen molar-refractivity contribution in [2.75, 3.05) is 32.7 Å². The molecule has 3 saturated heterocycles. The van der Waals surface area contributed by atoms with E-state index >= 15 is 0 Å². The zero-order valence-corrected chi connectivity index (χ0v) is 60.4. The zero-order chi connectivity index (χ0) is 62.2. The number of allylic oxidation sites excluding steroid dienone is 4. The van der Waals surface area contributed by atoms with Gasteiger partial charge in [-0.15, -0.1) is 0 Å². The monoisotopic (exact) mass is 1140 g/mol. The lowest BCUT2D eigenvalue weighted by atomic mass is 9.73. The van der Waals surface area contributed by atoms with E-state index in [1.54, 1.807) is 22.3 Å². The summed E-state index contributed by atoms with van der Waals surface area (Å²) in [5.74, 6) is 5.70. The summed E-state index contributed by atoms with van der Waals surface area (Å²) in [6.45, 7) is 75.1. The standard InChI is InChI=1S/C12H25N.C12H22.C11H20.C10H22N2.C10H19N.C9H20N2.C9H18N2/c1-9(2)11(5)12-7-6-8-13(12)10(3)4;1-9(2)11-7-6-8-12(11,5)10(3)4;1-8(2)10-6-5-7-11(10)9(3)4;1-9(2)11-7-5-6-8-12(11)10(3)4;2*1-8(2)10-6-5-7-11(10)9(3)4;1-7(2)9-5-6-10-11(9)8(3)4/h9-12H,6-8H2,1-5H3;10H,6-8H2,1-5H3;8,10H,5-7H2,1-4H3;9-10H,5-8H2,1-4H3;5,7-10H,6H2,1-4H3;8-9H,5-7H2,1-4H3;6-9H,5H2,1-4H3/t11?,12-;12-;10-;;10-;;9-/m000.0.0/s1. The van der Waals surface area contributed by atoms with E-state index in [9.17, 15) is 0 Å². The number of hydrogen-bond acceptors (Lipinski definition) is 8. The van der Waals surface area contributed by atoms with Crippen LogP contribution in [0.2, 0.25) is 0 Å². The summed E-state index contributed by atoms with van der Waals surface area (Å²) in [5.41, 5.74) is 7.13. The Balaban J connectivity index is 0.000000473. The summed E-state index contributed by atoms with van der Waals surface area (Å²) in [6, 6.07) is 6.81. The summed E-state index contributed by atoms with van der Waals surface area (Å²) in [6.07, 6.45) is 24.1. The Morgan fingerprint density at radius 3 is 1.30 bits per heavy atom. The van der Waals surface area contributed by atoms with Crippen LogP contribution in [0.25, 0.3) is 0 Å². The molecule has 0 spiro atoms. The van der Waals surface area contributed by atoms with Gasteiger partial charge in [-0.3, -0.25) is 9.91 Å². The molecule has 0 amide bonds. The molecule has 5 fully saturated rings. The Labute approximate surface area is 509 Å². The first kappa shape index (κ1) is 77.3. The van der Waals surface area contributed by atoms with Gasteiger partial charge >= 0.3 is 0 Å². The van der Waals surface area contributed by atoms with Crippen molar-refractivity contribution in [1.82, 2.24) is 34.8 Å². The molecule has 5 aliphatic heterocycles. The van der Waals surface area contributed by atoms with E-state index in [1.165, 1.54) is 110 Å². The van der Waals surface area contributed by atoms with Crippen molar-refractivity contribution in [2.24, 2.45) is 51.9 Å². The van der Waals surface area contributed by atoms with Crippen molar-refractivity contribution in [1.29, 1.82) is 0 Å². The van der Waals surface area contributed by atoms with Gasteiger partial charge in [-0.2, -0.15) is 5.10 Å². The van der Waals surface area contributed by atoms with E-state index in [0.717, 1.165) is 60.1 Å². The Morgan fingerprint density at radius 2 is 0.963 bits per heavy atom. The lowest BCUT2D eigenvalue weighted by molar-refractivity contribution is -0.0952. The van der Waals surface area contributed by atoms with Crippen LogP contribution in [0.5, 0.6) is 0 Å².